The third-order valence-electron chi connectivity index (χ3n) is 3.42. The van der Waals surface area contributed by atoms with E-state index in [2.05, 4.69) is 45.5 Å². The Hall–Kier alpha value is -0.380. The first kappa shape index (κ1) is 12.1. The molecule has 88 valence electrons. The monoisotopic (exact) mass is 283 g/mol. The second-order valence-electron chi connectivity index (χ2n) is 4.47. The lowest BCUT2D eigenvalue weighted by Crippen LogP contribution is -2.42. The zero-order valence-corrected chi connectivity index (χ0v) is 11.2. The summed E-state index contributed by atoms with van der Waals surface area (Å²) in [6.07, 6.45) is 2.30. The van der Waals surface area contributed by atoms with Gasteiger partial charge in [-0.2, -0.15) is 0 Å². The van der Waals surface area contributed by atoms with Gasteiger partial charge in [-0.3, -0.25) is 0 Å². The van der Waals surface area contributed by atoms with Gasteiger partial charge in [0.15, 0.2) is 0 Å². The minimum Gasteiger partial charge on any atom is -0.384 e. The van der Waals surface area contributed by atoms with Crippen molar-refractivity contribution in [2.75, 3.05) is 26.8 Å². The molecule has 16 heavy (non-hydrogen) atoms. The van der Waals surface area contributed by atoms with Crippen LogP contribution in [0.3, 0.4) is 0 Å². The summed E-state index contributed by atoms with van der Waals surface area (Å²) in [6, 6.07) is 8.63. The quantitative estimate of drug-likeness (QED) is 0.921. The lowest BCUT2D eigenvalue weighted by Gasteiger charge is -2.37. The number of ether oxygens (including phenoxy) is 1. The van der Waals surface area contributed by atoms with Gasteiger partial charge in [-0.1, -0.05) is 28.1 Å². The molecule has 1 N–H and O–H groups in total. The van der Waals surface area contributed by atoms with E-state index in [4.69, 9.17) is 4.74 Å². The minimum atomic E-state index is 0.198. The van der Waals surface area contributed by atoms with Gasteiger partial charge in [0, 0.05) is 17.0 Å². The van der Waals surface area contributed by atoms with Gasteiger partial charge in [0.05, 0.1) is 6.61 Å². The van der Waals surface area contributed by atoms with E-state index >= 15 is 0 Å². The van der Waals surface area contributed by atoms with E-state index in [0.717, 1.165) is 37.0 Å². The molecule has 0 radical (unpaired) electrons. The first-order valence-corrected chi connectivity index (χ1v) is 6.52. The summed E-state index contributed by atoms with van der Waals surface area (Å²) in [5, 5.41) is 3.42. The van der Waals surface area contributed by atoms with Crippen molar-refractivity contribution in [3.63, 3.8) is 0 Å². The van der Waals surface area contributed by atoms with Gasteiger partial charge in [-0.15, -0.1) is 0 Å². The Morgan fingerprint density at radius 3 is 2.75 bits per heavy atom. The van der Waals surface area contributed by atoms with Crippen LogP contribution in [0.15, 0.2) is 28.7 Å². The number of hydrogen-bond donors (Lipinski definition) is 1. The Morgan fingerprint density at radius 2 is 2.12 bits per heavy atom. The van der Waals surface area contributed by atoms with Crippen molar-refractivity contribution in [1.29, 1.82) is 0 Å². The molecule has 0 spiro atoms. The lowest BCUT2D eigenvalue weighted by molar-refractivity contribution is 0.108. The Labute approximate surface area is 106 Å². The van der Waals surface area contributed by atoms with Gasteiger partial charge in [-0.05, 0) is 43.6 Å². The molecular weight excluding hydrogens is 266 g/mol. The summed E-state index contributed by atoms with van der Waals surface area (Å²) >= 11 is 3.55. The van der Waals surface area contributed by atoms with Gasteiger partial charge >= 0.3 is 0 Å². The van der Waals surface area contributed by atoms with Crippen LogP contribution in [-0.4, -0.2) is 26.8 Å². The van der Waals surface area contributed by atoms with Crippen molar-refractivity contribution >= 4 is 15.9 Å². The zero-order chi connectivity index (χ0) is 11.4. The van der Waals surface area contributed by atoms with Crippen molar-refractivity contribution in [1.82, 2.24) is 5.32 Å². The summed E-state index contributed by atoms with van der Waals surface area (Å²) in [7, 11) is 1.79. The number of halogens is 1. The van der Waals surface area contributed by atoms with E-state index in [1.807, 2.05) is 0 Å². The molecule has 2 nitrogen and oxygen atoms in total. The fourth-order valence-electron chi connectivity index (χ4n) is 2.52. The zero-order valence-electron chi connectivity index (χ0n) is 9.63. The average Bonchev–Trinajstić information content (AvgIpc) is 2.31. The molecule has 0 bridgehead atoms. The molecule has 0 aliphatic carbocycles. The van der Waals surface area contributed by atoms with Gasteiger partial charge in [0.1, 0.15) is 0 Å². The number of piperidine rings is 1. The van der Waals surface area contributed by atoms with Crippen LogP contribution in [0, 0.1) is 0 Å². The van der Waals surface area contributed by atoms with E-state index in [1.165, 1.54) is 5.56 Å². The smallest absolute Gasteiger partial charge is 0.0560 e. The second kappa shape index (κ2) is 5.30. The number of rotatable bonds is 3. The standard InChI is InChI=1S/C13H18BrNO/c1-16-10-13(5-7-15-8-6-13)11-3-2-4-12(14)9-11/h2-4,9,15H,5-8,10H2,1H3. The van der Waals surface area contributed by atoms with Crippen molar-refractivity contribution in [2.45, 2.75) is 18.3 Å². The normalized spacial score (nSPS) is 19.6. The lowest BCUT2D eigenvalue weighted by atomic mass is 9.74. The molecule has 1 aromatic rings. The molecule has 1 saturated heterocycles. The third-order valence-corrected chi connectivity index (χ3v) is 3.91. The van der Waals surface area contributed by atoms with Crippen LogP contribution in [-0.2, 0) is 10.2 Å². The SMILES string of the molecule is COCC1(c2cccc(Br)c2)CCNCC1. The fraction of sp³-hybridized carbons (Fsp3) is 0.538. The van der Waals surface area contributed by atoms with Crippen LogP contribution in [0.2, 0.25) is 0 Å². The van der Waals surface area contributed by atoms with Gasteiger partial charge < -0.3 is 10.1 Å². The van der Waals surface area contributed by atoms with E-state index in [0.29, 0.717) is 0 Å². The fourth-order valence-corrected chi connectivity index (χ4v) is 2.92. The van der Waals surface area contributed by atoms with E-state index < -0.39 is 0 Å². The van der Waals surface area contributed by atoms with Crippen LogP contribution < -0.4 is 5.32 Å². The number of hydrogen-bond acceptors (Lipinski definition) is 2. The summed E-state index contributed by atoms with van der Waals surface area (Å²) in [6.45, 7) is 2.97. The highest BCUT2D eigenvalue weighted by Crippen LogP contribution is 2.34. The van der Waals surface area contributed by atoms with Crippen LogP contribution in [0.1, 0.15) is 18.4 Å². The highest BCUT2D eigenvalue weighted by Gasteiger charge is 2.33. The molecule has 0 aromatic heterocycles. The Bertz CT molecular complexity index is 342. The van der Waals surface area contributed by atoms with Crippen molar-refractivity contribution < 1.29 is 4.74 Å². The largest absolute Gasteiger partial charge is 0.384 e. The average molecular weight is 284 g/mol. The predicted molar refractivity (Wildman–Crippen MR) is 69.8 cm³/mol. The second-order valence-corrected chi connectivity index (χ2v) is 5.39. The molecule has 3 heteroatoms. The molecule has 1 fully saturated rings. The van der Waals surface area contributed by atoms with Crippen LogP contribution >= 0.6 is 15.9 Å². The Kier molecular flexibility index (Phi) is 4.00. The van der Waals surface area contributed by atoms with Crippen molar-refractivity contribution in [2.24, 2.45) is 0 Å². The molecule has 1 aromatic carbocycles. The summed E-state index contributed by atoms with van der Waals surface area (Å²) in [5.74, 6) is 0. The Balaban J connectivity index is 2.30. The number of benzene rings is 1. The number of methoxy groups -OCH3 is 1. The molecule has 0 amide bonds. The van der Waals surface area contributed by atoms with Crippen LogP contribution in [0.5, 0.6) is 0 Å². The molecule has 0 unspecified atom stereocenters. The minimum absolute atomic E-state index is 0.198. The molecule has 1 aliphatic rings. The van der Waals surface area contributed by atoms with Crippen molar-refractivity contribution in [3.8, 4) is 0 Å². The van der Waals surface area contributed by atoms with E-state index in [9.17, 15) is 0 Å². The van der Waals surface area contributed by atoms with Crippen LogP contribution in [0.4, 0.5) is 0 Å². The first-order valence-electron chi connectivity index (χ1n) is 5.73. The molecule has 0 saturated carbocycles. The first-order chi connectivity index (χ1) is 7.77. The van der Waals surface area contributed by atoms with E-state index in [-0.39, 0.29) is 5.41 Å². The van der Waals surface area contributed by atoms with E-state index in [1.54, 1.807) is 7.11 Å². The summed E-state index contributed by atoms with van der Waals surface area (Å²) < 4.78 is 6.59. The van der Waals surface area contributed by atoms with Crippen molar-refractivity contribution in [3.05, 3.63) is 34.3 Å². The topological polar surface area (TPSA) is 21.3 Å². The maximum Gasteiger partial charge on any atom is 0.0560 e. The predicted octanol–water partition coefficient (Wildman–Crippen LogP) is 2.72. The third kappa shape index (κ3) is 2.47. The number of nitrogens with one attached hydrogen (secondary N) is 1. The summed E-state index contributed by atoms with van der Waals surface area (Å²) in [5.41, 5.74) is 1.59. The highest BCUT2D eigenvalue weighted by atomic mass is 79.9. The summed E-state index contributed by atoms with van der Waals surface area (Å²) in [4.78, 5) is 0. The molecule has 1 aliphatic heterocycles. The molecule has 2 rings (SSSR count). The Morgan fingerprint density at radius 1 is 1.38 bits per heavy atom. The maximum absolute atomic E-state index is 5.44. The molecule has 1 heterocycles. The van der Waals surface area contributed by atoms with Crippen LogP contribution in [0.25, 0.3) is 0 Å². The van der Waals surface area contributed by atoms with Gasteiger partial charge in [0.2, 0.25) is 0 Å². The maximum atomic E-state index is 5.44. The van der Waals surface area contributed by atoms with Gasteiger partial charge in [-0.25, -0.2) is 0 Å². The molecular formula is C13H18BrNO. The highest BCUT2D eigenvalue weighted by molar-refractivity contribution is 9.10. The molecule has 0 atom stereocenters. The van der Waals surface area contributed by atoms with Gasteiger partial charge in [0.25, 0.3) is 0 Å².